The summed E-state index contributed by atoms with van der Waals surface area (Å²) in [6.45, 7) is 2.73. The van der Waals surface area contributed by atoms with Crippen LogP contribution >= 0.6 is 0 Å². The zero-order chi connectivity index (χ0) is 21.7. The van der Waals surface area contributed by atoms with Gasteiger partial charge < -0.3 is 24.6 Å². The van der Waals surface area contributed by atoms with Crippen LogP contribution in [0, 0.1) is 11.8 Å². The minimum absolute atomic E-state index is 0.0653. The number of piperidine rings is 4. The number of hydrogen-bond acceptors (Lipinski definition) is 7. The van der Waals surface area contributed by atoms with Crippen molar-refractivity contribution in [3.05, 3.63) is 17.7 Å². The van der Waals surface area contributed by atoms with E-state index < -0.39 is 5.97 Å². The maximum atomic E-state index is 12.7. The van der Waals surface area contributed by atoms with Crippen molar-refractivity contribution in [2.45, 2.75) is 56.7 Å². The summed E-state index contributed by atoms with van der Waals surface area (Å²) in [5.74, 6) is 0.0596. The second kappa shape index (κ2) is 7.89. The first-order valence-corrected chi connectivity index (χ1v) is 11.3. The monoisotopic (exact) mass is 430 g/mol. The topological polar surface area (TPSA) is 99.5 Å². The van der Waals surface area contributed by atoms with Gasteiger partial charge in [0.25, 0.3) is 0 Å². The summed E-state index contributed by atoms with van der Waals surface area (Å²) in [4.78, 5) is 29.8. The number of amides is 1. The highest BCUT2D eigenvalue weighted by atomic mass is 16.5. The minimum Gasteiger partial charge on any atom is -0.504 e. The summed E-state index contributed by atoms with van der Waals surface area (Å²) in [6.07, 6.45) is 5.27. The van der Waals surface area contributed by atoms with Gasteiger partial charge in [0.05, 0.1) is 12.7 Å². The molecule has 31 heavy (non-hydrogen) atoms. The summed E-state index contributed by atoms with van der Waals surface area (Å²) in [5.41, 5.74) is 0.0985. The highest BCUT2D eigenvalue weighted by Crippen LogP contribution is 2.43. The molecule has 0 aromatic heterocycles. The van der Waals surface area contributed by atoms with Crippen LogP contribution in [0.1, 0.15) is 48.9 Å². The molecule has 2 bridgehead atoms. The van der Waals surface area contributed by atoms with Crippen LogP contribution in [0.3, 0.4) is 0 Å². The molecule has 4 saturated heterocycles. The minimum atomic E-state index is -0.560. The SMILES string of the molecule is COc1c(O)cc(C(=O)O[C@H]2CCN3C[C@H]4C[C@@H](CN5C(=O)CCC[C@H]45)[C@@H]3C2)cc1O. The van der Waals surface area contributed by atoms with E-state index in [2.05, 4.69) is 9.80 Å². The van der Waals surface area contributed by atoms with Gasteiger partial charge in [-0.05, 0) is 49.7 Å². The van der Waals surface area contributed by atoms with Crippen LogP contribution in [0.15, 0.2) is 12.1 Å². The normalized spacial score (nSPS) is 32.7. The van der Waals surface area contributed by atoms with Crippen molar-refractivity contribution in [2.75, 3.05) is 26.7 Å². The average Bonchev–Trinajstić information content (AvgIpc) is 2.75. The van der Waals surface area contributed by atoms with E-state index in [4.69, 9.17) is 9.47 Å². The van der Waals surface area contributed by atoms with Gasteiger partial charge in [-0.2, -0.15) is 0 Å². The summed E-state index contributed by atoms with van der Waals surface area (Å²) < 4.78 is 10.7. The smallest absolute Gasteiger partial charge is 0.338 e. The van der Waals surface area contributed by atoms with Gasteiger partial charge in [0.2, 0.25) is 11.7 Å². The Kier molecular flexibility index (Phi) is 5.20. The number of methoxy groups -OCH3 is 1. The third-order valence-corrected chi connectivity index (χ3v) is 7.68. The van der Waals surface area contributed by atoms with E-state index in [1.165, 1.54) is 19.2 Å². The van der Waals surface area contributed by atoms with E-state index in [-0.39, 0.29) is 28.9 Å². The zero-order valence-electron chi connectivity index (χ0n) is 17.8. The number of rotatable bonds is 3. The molecule has 4 fully saturated rings. The quantitative estimate of drug-likeness (QED) is 0.709. The molecule has 0 radical (unpaired) electrons. The van der Waals surface area contributed by atoms with Gasteiger partial charge in [-0.1, -0.05) is 0 Å². The molecule has 1 aromatic rings. The van der Waals surface area contributed by atoms with Crippen LogP contribution < -0.4 is 4.74 Å². The number of carbonyl (C=O) groups is 2. The standard InChI is InChI=1S/C23H30N2O6/c1-30-22-19(26)8-13(9-20(22)27)23(29)31-16-5-6-24-11-14-7-15(18(24)10-16)12-25-17(14)3-2-4-21(25)28/h8-9,14-18,26-27H,2-7,10-12H2,1H3/t14-,15+,16+,17-,18+/m1/s1. The third-order valence-electron chi connectivity index (χ3n) is 7.68. The Labute approximate surface area is 181 Å². The molecule has 1 amide bonds. The molecule has 4 aliphatic rings. The summed E-state index contributed by atoms with van der Waals surface area (Å²) in [6, 6.07) is 3.23. The fraction of sp³-hybridized carbons (Fsp3) is 0.652. The highest BCUT2D eigenvalue weighted by molar-refractivity contribution is 5.91. The maximum Gasteiger partial charge on any atom is 0.338 e. The van der Waals surface area contributed by atoms with Crippen molar-refractivity contribution >= 4 is 11.9 Å². The number of esters is 1. The summed E-state index contributed by atoms with van der Waals surface area (Å²) in [5, 5.41) is 19.9. The predicted octanol–water partition coefficient (Wildman–Crippen LogP) is 2.13. The Balaban J connectivity index is 1.26. The largest absolute Gasteiger partial charge is 0.504 e. The number of hydrogen-bond donors (Lipinski definition) is 2. The van der Waals surface area contributed by atoms with E-state index in [9.17, 15) is 19.8 Å². The number of phenols is 2. The van der Waals surface area contributed by atoms with E-state index in [1.54, 1.807) is 0 Å². The number of benzene rings is 1. The van der Waals surface area contributed by atoms with Gasteiger partial charge in [-0.25, -0.2) is 4.79 Å². The van der Waals surface area contributed by atoms with E-state index in [0.717, 1.165) is 51.7 Å². The summed E-state index contributed by atoms with van der Waals surface area (Å²) >= 11 is 0. The lowest BCUT2D eigenvalue weighted by Crippen LogP contribution is -2.65. The molecule has 4 aliphatic heterocycles. The number of phenolic OH excluding ortho intramolecular Hbond substituents is 2. The predicted molar refractivity (Wildman–Crippen MR) is 111 cm³/mol. The second-order valence-electron chi connectivity index (χ2n) is 9.42. The molecular formula is C23H30N2O6. The number of ether oxygens (including phenoxy) is 2. The van der Waals surface area contributed by atoms with Gasteiger partial charge in [-0.3, -0.25) is 9.69 Å². The Morgan fingerprint density at radius 1 is 1.06 bits per heavy atom. The highest BCUT2D eigenvalue weighted by Gasteiger charge is 2.49. The van der Waals surface area contributed by atoms with Crippen molar-refractivity contribution in [3.63, 3.8) is 0 Å². The number of aromatic hydroxyl groups is 2. The number of carbonyl (C=O) groups excluding carboxylic acids is 2. The first-order valence-electron chi connectivity index (χ1n) is 11.3. The lowest BCUT2D eigenvalue weighted by atomic mass is 9.70. The van der Waals surface area contributed by atoms with Crippen molar-refractivity contribution in [1.82, 2.24) is 9.80 Å². The number of nitrogens with zero attached hydrogens (tertiary/aromatic N) is 2. The third kappa shape index (κ3) is 3.60. The lowest BCUT2D eigenvalue weighted by Gasteiger charge is -2.57. The molecule has 0 aliphatic carbocycles. The first kappa shape index (κ1) is 20.4. The Morgan fingerprint density at radius 3 is 2.55 bits per heavy atom. The van der Waals surface area contributed by atoms with Crippen molar-refractivity contribution in [1.29, 1.82) is 0 Å². The second-order valence-corrected chi connectivity index (χ2v) is 9.42. The molecule has 5 rings (SSSR count). The van der Waals surface area contributed by atoms with Gasteiger partial charge >= 0.3 is 5.97 Å². The van der Waals surface area contributed by atoms with Crippen LogP contribution in [0.5, 0.6) is 17.2 Å². The Morgan fingerprint density at radius 2 is 1.81 bits per heavy atom. The van der Waals surface area contributed by atoms with Crippen molar-refractivity contribution in [3.8, 4) is 17.2 Å². The fourth-order valence-electron chi connectivity index (χ4n) is 6.30. The van der Waals surface area contributed by atoms with Gasteiger partial charge in [0.15, 0.2) is 11.5 Å². The van der Waals surface area contributed by atoms with Gasteiger partial charge in [0.1, 0.15) is 6.10 Å². The molecular weight excluding hydrogens is 400 g/mol. The molecule has 8 heteroatoms. The van der Waals surface area contributed by atoms with E-state index in [0.29, 0.717) is 36.2 Å². The van der Waals surface area contributed by atoms with Crippen LogP contribution in [0.4, 0.5) is 0 Å². The molecule has 0 saturated carbocycles. The molecule has 4 heterocycles. The van der Waals surface area contributed by atoms with Crippen molar-refractivity contribution in [2.24, 2.45) is 11.8 Å². The van der Waals surface area contributed by atoms with Crippen LogP contribution in [0.2, 0.25) is 0 Å². The van der Waals surface area contributed by atoms with Crippen LogP contribution in [-0.2, 0) is 9.53 Å². The van der Waals surface area contributed by atoms with Crippen LogP contribution in [0.25, 0.3) is 0 Å². The Bertz CT molecular complexity index is 866. The number of fused-ring (bicyclic) bond motifs is 6. The van der Waals surface area contributed by atoms with Gasteiger partial charge in [0, 0.05) is 44.6 Å². The lowest BCUT2D eigenvalue weighted by molar-refractivity contribution is -0.150. The zero-order valence-corrected chi connectivity index (χ0v) is 17.8. The molecule has 5 atom stereocenters. The van der Waals surface area contributed by atoms with Crippen LogP contribution in [-0.4, -0.2) is 76.8 Å². The summed E-state index contributed by atoms with van der Waals surface area (Å²) in [7, 11) is 1.33. The molecule has 2 N–H and O–H groups in total. The first-order chi connectivity index (χ1) is 14.9. The Hall–Kier alpha value is -2.48. The van der Waals surface area contributed by atoms with E-state index >= 15 is 0 Å². The fourth-order valence-corrected chi connectivity index (χ4v) is 6.30. The maximum absolute atomic E-state index is 12.7. The molecule has 8 nitrogen and oxygen atoms in total. The average molecular weight is 431 g/mol. The molecule has 1 aromatic carbocycles. The van der Waals surface area contributed by atoms with Crippen molar-refractivity contribution < 1.29 is 29.3 Å². The molecule has 0 spiro atoms. The molecule has 168 valence electrons. The van der Waals surface area contributed by atoms with Gasteiger partial charge in [-0.15, -0.1) is 0 Å². The van der Waals surface area contributed by atoms with E-state index in [1.807, 2.05) is 0 Å². The molecule has 0 unspecified atom stereocenters.